The Hall–Kier alpha value is -0.0500. The van der Waals surface area contributed by atoms with Gasteiger partial charge < -0.3 is 5.32 Å². The molecule has 0 amide bonds. The monoisotopic (exact) mass is 283 g/mol. The van der Waals surface area contributed by atoms with E-state index in [1.54, 1.807) is 11.3 Å². The molecule has 1 aromatic rings. The van der Waals surface area contributed by atoms with Gasteiger partial charge in [0.1, 0.15) is 0 Å². The number of hydrogen-bond donors (Lipinski definition) is 1. The van der Waals surface area contributed by atoms with E-state index in [1.807, 2.05) is 6.07 Å². The molecule has 2 fully saturated rings. The minimum atomic E-state index is 0.822. The molecule has 1 nitrogen and oxygen atoms in total. The smallest absolute Gasteiger partial charge is 0.0931 e. The molecule has 2 aliphatic carbocycles. The number of nitrogens with one attached hydrogen (secondary N) is 1. The fourth-order valence-electron chi connectivity index (χ4n) is 3.16. The van der Waals surface area contributed by atoms with E-state index >= 15 is 0 Å². The van der Waals surface area contributed by atoms with E-state index in [0.717, 1.165) is 22.2 Å². The van der Waals surface area contributed by atoms with Crippen LogP contribution in [-0.4, -0.2) is 12.6 Å². The predicted octanol–water partition coefficient (Wildman–Crippen LogP) is 4.50. The van der Waals surface area contributed by atoms with Crippen molar-refractivity contribution in [3.05, 3.63) is 21.3 Å². The summed E-state index contributed by atoms with van der Waals surface area (Å²) in [6.45, 7) is 1.21. The Balaban J connectivity index is 1.59. The summed E-state index contributed by atoms with van der Waals surface area (Å²) in [5, 5.41) is 3.73. The molecule has 1 aromatic heterocycles. The van der Waals surface area contributed by atoms with E-state index in [0.29, 0.717) is 0 Å². The summed E-state index contributed by atoms with van der Waals surface area (Å²) in [5.74, 6) is 1.76. The average Bonchev–Trinajstić information content (AvgIpc) is 2.86. The highest BCUT2D eigenvalue weighted by atomic mass is 35.5. The first-order valence-corrected chi connectivity index (χ1v) is 8.48. The molecule has 0 aromatic carbocycles. The Morgan fingerprint density at radius 2 is 2.00 bits per heavy atom. The lowest BCUT2D eigenvalue weighted by molar-refractivity contribution is 0.321. The van der Waals surface area contributed by atoms with Crippen molar-refractivity contribution in [2.75, 3.05) is 6.54 Å². The topological polar surface area (TPSA) is 12.0 Å². The maximum absolute atomic E-state index is 6.04. The van der Waals surface area contributed by atoms with E-state index < -0.39 is 0 Å². The Morgan fingerprint density at radius 3 is 2.61 bits per heavy atom. The lowest BCUT2D eigenvalue weighted by Crippen LogP contribution is -2.30. The molecule has 0 aliphatic heterocycles. The molecule has 0 radical (unpaired) electrons. The summed E-state index contributed by atoms with van der Waals surface area (Å²) >= 11 is 7.81. The van der Waals surface area contributed by atoms with Crippen LogP contribution in [0.15, 0.2) is 12.1 Å². The first kappa shape index (κ1) is 13.0. The molecule has 1 heterocycles. The summed E-state index contributed by atoms with van der Waals surface area (Å²) < 4.78 is 0.935. The summed E-state index contributed by atoms with van der Waals surface area (Å²) in [6, 6.07) is 5.09. The minimum absolute atomic E-state index is 0.822. The highest BCUT2D eigenvalue weighted by Crippen LogP contribution is 2.35. The number of halogens is 1. The first-order valence-electron chi connectivity index (χ1n) is 7.29. The van der Waals surface area contributed by atoms with Crippen molar-refractivity contribution in [2.24, 2.45) is 11.8 Å². The average molecular weight is 284 g/mol. The van der Waals surface area contributed by atoms with Crippen molar-refractivity contribution in [1.82, 2.24) is 5.32 Å². The van der Waals surface area contributed by atoms with Crippen LogP contribution < -0.4 is 5.32 Å². The molecule has 2 aliphatic rings. The van der Waals surface area contributed by atoms with Gasteiger partial charge in [0.05, 0.1) is 4.34 Å². The van der Waals surface area contributed by atoms with Gasteiger partial charge in [-0.3, -0.25) is 0 Å². The summed E-state index contributed by atoms with van der Waals surface area (Å²) in [4.78, 5) is 1.47. The zero-order valence-corrected chi connectivity index (χ0v) is 12.4. The molecule has 2 saturated carbocycles. The molecule has 1 atom stereocenters. The van der Waals surface area contributed by atoms with Gasteiger partial charge in [0, 0.05) is 10.9 Å². The summed E-state index contributed by atoms with van der Waals surface area (Å²) in [7, 11) is 0. The van der Waals surface area contributed by atoms with Gasteiger partial charge in [-0.25, -0.2) is 0 Å². The van der Waals surface area contributed by atoms with Crippen LogP contribution in [0, 0.1) is 11.8 Å². The van der Waals surface area contributed by atoms with Crippen molar-refractivity contribution in [2.45, 2.75) is 51.0 Å². The molecule has 0 bridgehead atoms. The Bertz CT molecular complexity index is 380. The van der Waals surface area contributed by atoms with Crippen LogP contribution in [0.2, 0.25) is 4.34 Å². The minimum Gasteiger partial charge on any atom is -0.314 e. The van der Waals surface area contributed by atoms with Crippen LogP contribution in [0.25, 0.3) is 0 Å². The Labute approximate surface area is 119 Å². The Morgan fingerprint density at radius 1 is 1.22 bits per heavy atom. The zero-order chi connectivity index (χ0) is 12.4. The van der Waals surface area contributed by atoms with E-state index in [1.165, 1.54) is 56.4 Å². The van der Waals surface area contributed by atoms with Gasteiger partial charge in [-0.2, -0.15) is 0 Å². The fourth-order valence-corrected chi connectivity index (χ4v) is 4.34. The van der Waals surface area contributed by atoms with Gasteiger partial charge in [-0.15, -0.1) is 11.3 Å². The van der Waals surface area contributed by atoms with Gasteiger partial charge >= 0.3 is 0 Å². The third kappa shape index (κ3) is 3.49. The van der Waals surface area contributed by atoms with Gasteiger partial charge in [0.15, 0.2) is 0 Å². The van der Waals surface area contributed by atoms with Gasteiger partial charge in [-0.1, -0.05) is 37.3 Å². The second kappa shape index (κ2) is 5.94. The molecule has 3 rings (SSSR count). The number of hydrogen-bond acceptors (Lipinski definition) is 2. The van der Waals surface area contributed by atoms with Gasteiger partial charge in [-0.05, 0) is 49.8 Å². The molecule has 3 heteroatoms. The molecule has 1 N–H and O–H groups in total. The molecule has 0 saturated heterocycles. The van der Waals surface area contributed by atoms with Crippen LogP contribution in [0.3, 0.4) is 0 Å². The Kier molecular flexibility index (Phi) is 4.27. The van der Waals surface area contributed by atoms with Gasteiger partial charge in [0.2, 0.25) is 0 Å². The van der Waals surface area contributed by atoms with E-state index in [9.17, 15) is 0 Å². The van der Waals surface area contributed by atoms with Crippen molar-refractivity contribution in [3.63, 3.8) is 0 Å². The maximum atomic E-state index is 6.04. The quantitative estimate of drug-likeness (QED) is 0.810. The lowest BCUT2D eigenvalue weighted by atomic mass is 9.87. The molecular weight excluding hydrogens is 262 g/mol. The van der Waals surface area contributed by atoms with Crippen molar-refractivity contribution in [1.29, 1.82) is 0 Å². The fraction of sp³-hybridized carbons (Fsp3) is 0.733. The molecular formula is C15H22ClNS. The highest BCUT2D eigenvalue weighted by molar-refractivity contribution is 7.16. The largest absolute Gasteiger partial charge is 0.314 e. The number of thiophene rings is 1. The highest BCUT2D eigenvalue weighted by Gasteiger charge is 2.28. The summed E-state index contributed by atoms with van der Waals surface area (Å²) in [6.07, 6.45) is 9.77. The molecule has 100 valence electrons. The van der Waals surface area contributed by atoms with E-state index in [-0.39, 0.29) is 0 Å². The van der Waals surface area contributed by atoms with Gasteiger partial charge in [0.25, 0.3) is 0 Å². The SMILES string of the molecule is Clc1ccc(CC(CNC2CC2)C2CCCC2)s1. The first-order chi connectivity index (χ1) is 8.81. The van der Waals surface area contributed by atoms with Crippen LogP contribution >= 0.6 is 22.9 Å². The summed E-state index contributed by atoms with van der Waals surface area (Å²) in [5.41, 5.74) is 0. The zero-order valence-electron chi connectivity index (χ0n) is 10.8. The predicted molar refractivity (Wildman–Crippen MR) is 79.5 cm³/mol. The molecule has 0 spiro atoms. The van der Waals surface area contributed by atoms with Crippen LogP contribution in [0.1, 0.15) is 43.4 Å². The van der Waals surface area contributed by atoms with E-state index in [2.05, 4.69) is 11.4 Å². The van der Waals surface area contributed by atoms with Crippen molar-refractivity contribution >= 4 is 22.9 Å². The van der Waals surface area contributed by atoms with Crippen LogP contribution in [0.5, 0.6) is 0 Å². The maximum Gasteiger partial charge on any atom is 0.0931 e. The third-order valence-electron chi connectivity index (χ3n) is 4.40. The molecule has 1 unspecified atom stereocenters. The normalized spacial score (nSPS) is 22.5. The van der Waals surface area contributed by atoms with Crippen LogP contribution in [-0.2, 0) is 6.42 Å². The standard InChI is InChI=1S/C15H22ClNS/c16-15-8-7-14(18-15)9-12(10-17-13-5-6-13)11-3-1-2-4-11/h7-8,11-13,17H,1-6,9-10H2. The second-order valence-electron chi connectivity index (χ2n) is 5.90. The third-order valence-corrected chi connectivity index (χ3v) is 5.66. The van der Waals surface area contributed by atoms with Crippen molar-refractivity contribution in [3.8, 4) is 0 Å². The lowest BCUT2D eigenvalue weighted by Gasteiger charge is -2.23. The van der Waals surface area contributed by atoms with Crippen LogP contribution in [0.4, 0.5) is 0 Å². The molecule has 18 heavy (non-hydrogen) atoms. The van der Waals surface area contributed by atoms with E-state index in [4.69, 9.17) is 11.6 Å². The second-order valence-corrected chi connectivity index (χ2v) is 7.70. The van der Waals surface area contributed by atoms with Crippen molar-refractivity contribution < 1.29 is 0 Å². The number of rotatable bonds is 6.